The van der Waals surface area contributed by atoms with E-state index in [2.05, 4.69) is 6.58 Å². The molecule has 0 saturated carbocycles. The molecule has 0 heterocycles. The zero-order valence-electron chi connectivity index (χ0n) is 10.4. The number of hydrogen-bond acceptors (Lipinski definition) is 4. The lowest BCUT2D eigenvalue weighted by atomic mass is 9.90. The number of aliphatic hydroxyl groups is 2. The van der Waals surface area contributed by atoms with Crippen molar-refractivity contribution >= 4 is 17.6 Å². The van der Waals surface area contributed by atoms with Crippen molar-refractivity contribution in [1.82, 2.24) is 0 Å². The summed E-state index contributed by atoms with van der Waals surface area (Å²) < 4.78 is 5.16. The molecule has 0 aromatic rings. The highest BCUT2D eigenvalue weighted by Gasteiger charge is 2.34. The van der Waals surface area contributed by atoms with E-state index in [1.165, 1.54) is 0 Å². The van der Waals surface area contributed by atoms with E-state index in [1.54, 1.807) is 19.9 Å². The van der Waals surface area contributed by atoms with E-state index in [4.69, 9.17) is 16.3 Å². The maximum atomic E-state index is 11.9. The SMILES string of the molecule is C=CC[C@@H](C)OC(=O)C1=C(O)C=C(O)C(Cl)C1C. The van der Waals surface area contributed by atoms with Gasteiger partial charge in [0.05, 0.1) is 11.0 Å². The van der Waals surface area contributed by atoms with Crippen LogP contribution in [0.3, 0.4) is 0 Å². The molecule has 0 saturated heterocycles. The minimum Gasteiger partial charge on any atom is -0.511 e. The molecule has 0 aromatic heterocycles. The smallest absolute Gasteiger partial charge is 0.338 e. The van der Waals surface area contributed by atoms with Crippen LogP contribution < -0.4 is 0 Å². The van der Waals surface area contributed by atoms with Crippen LogP contribution in [0.5, 0.6) is 0 Å². The van der Waals surface area contributed by atoms with Crippen LogP contribution in [0.15, 0.2) is 35.8 Å². The standard InChI is InChI=1S/C13H17ClO4/c1-4-5-7(2)18-13(17)11-8(3)12(14)10(16)6-9(11)15/h4,6-8,12,15-16H,1,5H2,2-3H3/t7-,8?,12?/m1/s1. The lowest BCUT2D eigenvalue weighted by molar-refractivity contribution is -0.144. The molecule has 5 heteroatoms. The average Bonchev–Trinajstić information content (AvgIpc) is 2.26. The fraction of sp³-hybridized carbons (Fsp3) is 0.462. The lowest BCUT2D eigenvalue weighted by Gasteiger charge is -2.25. The molecule has 3 atom stereocenters. The van der Waals surface area contributed by atoms with Crippen molar-refractivity contribution in [2.24, 2.45) is 5.92 Å². The molecule has 0 aromatic carbocycles. The predicted octanol–water partition coefficient (Wildman–Crippen LogP) is 3.01. The molecular weight excluding hydrogens is 256 g/mol. The zero-order valence-corrected chi connectivity index (χ0v) is 11.1. The normalized spacial score (nSPS) is 25.4. The first-order valence-corrected chi connectivity index (χ1v) is 6.11. The molecule has 1 aliphatic carbocycles. The van der Waals surface area contributed by atoms with Gasteiger partial charge in [-0.3, -0.25) is 0 Å². The summed E-state index contributed by atoms with van der Waals surface area (Å²) >= 11 is 5.93. The highest BCUT2D eigenvalue weighted by atomic mass is 35.5. The van der Waals surface area contributed by atoms with E-state index in [0.29, 0.717) is 6.42 Å². The fourth-order valence-corrected chi connectivity index (χ4v) is 1.94. The monoisotopic (exact) mass is 272 g/mol. The van der Waals surface area contributed by atoms with Crippen LogP contribution in [0, 0.1) is 5.92 Å². The van der Waals surface area contributed by atoms with Crippen molar-refractivity contribution in [1.29, 1.82) is 0 Å². The van der Waals surface area contributed by atoms with Crippen LogP contribution in [0.1, 0.15) is 20.3 Å². The summed E-state index contributed by atoms with van der Waals surface area (Å²) in [6.07, 6.45) is 2.93. The summed E-state index contributed by atoms with van der Waals surface area (Å²) in [7, 11) is 0. The van der Waals surface area contributed by atoms with Crippen LogP contribution in [0.25, 0.3) is 0 Å². The van der Waals surface area contributed by atoms with Crippen molar-refractivity contribution < 1.29 is 19.7 Å². The number of allylic oxidation sites excluding steroid dienone is 2. The van der Waals surface area contributed by atoms with Gasteiger partial charge in [0.15, 0.2) is 0 Å². The molecule has 2 N–H and O–H groups in total. The molecule has 4 nitrogen and oxygen atoms in total. The van der Waals surface area contributed by atoms with Gasteiger partial charge in [-0.25, -0.2) is 4.79 Å². The quantitative estimate of drug-likeness (QED) is 0.469. The van der Waals surface area contributed by atoms with E-state index in [1.807, 2.05) is 0 Å². The summed E-state index contributed by atoms with van der Waals surface area (Å²) in [4.78, 5) is 11.9. The molecule has 0 bridgehead atoms. The van der Waals surface area contributed by atoms with E-state index in [-0.39, 0.29) is 23.2 Å². The van der Waals surface area contributed by atoms with E-state index >= 15 is 0 Å². The Bertz CT molecular complexity index is 411. The number of aliphatic hydroxyl groups excluding tert-OH is 2. The molecule has 18 heavy (non-hydrogen) atoms. The van der Waals surface area contributed by atoms with Crippen LogP contribution in [-0.2, 0) is 9.53 Å². The van der Waals surface area contributed by atoms with Gasteiger partial charge in [0.25, 0.3) is 0 Å². The number of halogens is 1. The third-order valence-electron chi connectivity index (χ3n) is 2.76. The van der Waals surface area contributed by atoms with E-state index in [9.17, 15) is 15.0 Å². The molecule has 0 aliphatic heterocycles. The first-order valence-electron chi connectivity index (χ1n) is 5.68. The first-order chi connectivity index (χ1) is 8.38. The Morgan fingerprint density at radius 3 is 2.83 bits per heavy atom. The van der Waals surface area contributed by atoms with Gasteiger partial charge >= 0.3 is 5.97 Å². The Labute approximate surface area is 111 Å². The van der Waals surface area contributed by atoms with Crippen molar-refractivity contribution in [3.05, 3.63) is 35.8 Å². The second kappa shape index (κ2) is 5.96. The Morgan fingerprint density at radius 1 is 1.67 bits per heavy atom. The minimum absolute atomic E-state index is 0.0868. The molecule has 0 amide bonds. The third-order valence-corrected chi connectivity index (χ3v) is 3.37. The second-order valence-corrected chi connectivity index (χ2v) is 4.77. The number of alkyl halides is 1. The predicted molar refractivity (Wildman–Crippen MR) is 69.5 cm³/mol. The molecule has 2 unspecified atom stereocenters. The molecule has 0 fully saturated rings. The van der Waals surface area contributed by atoms with Crippen LogP contribution >= 0.6 is 11.6 Å². The first kappa shape index (κ1) is 14.6. The molecule has 0 spiro atoms. The number of ether oxygens (including phenoxy) is 1. The summed E-state index contributed by atoms with van der Waals surface area (Å²) in [5.41, 5.74) is 0.0868. The fourth-order valence-electron chi connectivity index (χ4n) is 1.75. The topological polar surface area (TPSA) is 66.8 Å². The van der Waals surface area contributed by atoms with Crippen molar-refractivity contribution in [2.75, 3.05) is 0 Å². The van der Waals surface area contributed by atoms with Gasteiger partial charge in [0, 0.05) is 18.4 Å². The summed E-state index contributed by atoms with van der Waals surface area (Å²) in [5, 5.41) is 18.4. The average molecular weight is 273 g/mol. The molecule has 100 valence electrons. The van der Waals surface area contributed by atoms with Gasteiger partial charge in [-0.1, -0.05) is 13.0 Å². The highest BCUT2D eigenvalue weighted by molar-refractivity contribution is 6.23. The Morgan fingerprint density at radius 2 is 2.28 bits per heavy atom. The second-order valence-electron chi connectivity index (χ2n) is 4.30. The largest absolute Gasteiger partial charge is 0.511 e. The van der Waals surface area contributed by atoms with Gasteiger partial charge in [-0.2, -0.15) is 0 Å². The van der Waals surface area contributed by atoms with Crippen LogP contribution in [0.2, 0.25) is 0 Å². The number of carbonyl (C=O) groups is 1. The number of esters is 1. The maximum Gasteiger partial charge on any atom is 0.338 e. The summed E-state index contributed by atoms with van der Waals surface area (Å²) in [5.74, 6) is -1.59. The van der Waals surface area contributed by atoms with Crippen molar-refractivity contribution in [2.45, 2.75) is 31.7 Å². The van der Waals surface area contributed by atoms with Gasteiger partial charge in [-0.05, 0) is 6.92 Å². The van der Waals surface area contributed by atoms with Crippen molar-refractivity contribution in [3.8, 4) is 0 Å². The number of carbonyl (C=O) groups excluding carboxylic acids is 1. The third kappa shape index (κ3) is 3.07. The van der Waals surface area contributed by atoms with Gasteiger partial charge in [0.2, 0.25) is 0 Å². The van der Waals surface area contributed by atoms with Crippen LogP contribution in [-0.4, -0.2) is 27.7 Å². The van der Waals surface area contributed by atoms with Gasteiger partial charge in [0.1, 0.15) is 17.6 Å². The Kier molecular flexibility index (Phi) is 4.84. The van der Waals surface area contributed by atoms with Crippen molar-refractivity contribution in [3.63, 3.8) is 0 Å². The number of hydrogen-bond donors (Lipinski definition) is 2. The van der Waals surface area contributed by atoms with Gasteiger partial charge in [-0.15, -0.1) is 18.2 Å². The molecule has 1 aliphatic rings. The summed E-state index contributed by atoms with van der Waals surface area (Å²) in [6.45, 7) is 6.93. The molecule has 0 radical (unpaired) electrons. The van der Waals surface area contributed by atoms with Crippen LogP contribution in [0.4, 0.5) is 0 Å². The lowest BCUT2D eigenvalue weighted by Crippen LogP contribution is -2.29. The molecular formula is C13H17ClO4. The van der Waals surface area contributed by atoms with E-state index in [0.717, 1.165) is 6.08 Å². The highest BCUT2D eigenvalue weighted by Crippen LogP contribution is 2.32. The Balaban J connectivity index is 2.90. The molecule has 1 rings (SSSR count). The van der Waals surface area contributed by atoms with Gasteiger partial charge < -0.3 is 14.9 Å². The van der Waals surface area contributed by atoms with E-state index < -0.39 is 17.3 Å². The number of rotatable bonds is 4. The minimum atomic E-state index is -0.738. The Hall–Kier alpha value is -1.42. The zero-order chi connectivity index (χ0) is 13.9. The summed E-state index contributed by atoms with van der Waals surface area (Å²) in [6, 6.07) is 0. The maximum absolute atomic E-state index is 11.9.